The Labute approximate surface area is 127 Å². The molecule has 0 amide bonds. The molecule has 0 bridgehead atoms. The van der Waals surface area contributed by atoms with Gasteiger partial charge in [-0.3, -0.25) is 0 Å². The van der Waals surface area contributed by atoms with Gasteiger partial charge < -0.3 is 14.8 Å². The van der Waals surface area contributed by atoms with Gasteiger partial charge in [0.1, 0.15) is 0 Å². The molecule has 1 aromatic rings. The number of ether oxygens (including phenoxy) is 2. The molecule has 3 aliphatic rings. The Morgan fingerprint density at radius 1 is 1.14 bits per heavy atom. The molecule has 1 atom stereocenters. The molecule has 2 fully saturated rings. The largest absolute Gasteiger partial charge is 0.381 e. The lowest BCUT2D eigenvalue weighted by molar-refractivity contribution is -0.138. The average Bonchev–Trinajstić information content (AvgIpc) is 2.55. The fourth-order valence-corrected chi connectivity index (χ4v) is 4.33. The molecular formula is C18H25NO2. The van der Waals surface area contributed by atoms with E-state index in [4.69, 9.17) is 9.47 Å². The summed E-state index contributed by atoms with van der Waals surface area (Å²) in [4.78, 5) is 0. The predicted molar refractivity (Wildman–Crippen MR) is 82.6 cm³/mol. The minimum Gasteiger partial charge on any atom is -0.381 e. The van der Waals surface area contributed by atoms with Crippen LogP contribution in [0.25, 0.3) is 0 Å². The van der Waals surface area contributed by atoms with Gasteiger partial charge in [-0.25, -0.2) is 0 Å². The maximum Gasteiger partial charge on any atom is 0.0732 e. The van der Waals surface area contributed by atoms with Crippen LogP contribution in [0.15, 0.2) is 18.2 Å². The number of rotatable bonds is 1. The van der Waals surface area contributed by atoms with Crippen molar-refractivity contribution in [3.8, 4) is 0 Å². The number of hydrogen-bond donors (Lipinski definition) is 1. The molecule has 2 saturated heterocycles. The maximum absolute atomic E-state index is 6.21. The van der Waals surface area contributed by atoms with Crippen molar-refractivity contribution in [1.82, 2.24) is 5.32 Å². The first kappa shape index (κ1) is 13.7. The molecule has 1 N–H and O–H groups in total. The Bertz CT molecular complexity index is 502. The van der Waals surface area contributed by atoms with Crippen LogP contribution in [-0.2, 0) is 22.4 Å². The van der Waals surface area contributed by atoms with E-state index in [-0.39, 0.29) is 5.60 Å². The van der Waals surface area contributed by atoms with Gasteiger partial charge in [-0.05, 0) is 61.3 Å². The molecule has 1 aromatic carbocycles. The molecule has 0 saturated carbocycles. The van der Waals surface area contributed by atoms with Crippen molar-refractivity contribution in [3.63, 3.8) is 0 Å². The lowest BCUT2D eigenvalue weighted by Gasteiger charge is -2.44. The van der Waals surface area contributed by atoms with Crippen LogP contribution in [-0.4, -0.2) is 32.0 Å². The van der Waals surface area contributed by atoms with Crippen LogP contribution in [0.3, 0.4) is 0 Å². The smallest absolute Gasteiger partial charge is 0.0732 e. The predicted octanol–water partition coefficient (Wildman–Crippen LogP) is 2.78. The van der Waals surface area contributed by atoms with E-state index >= 15 is 0 Å². The lowest BCUT2D eigenvalue weighted by atomic mass is 9.75. The van der Waals surface area contributed by atoms with E-state index < -0.39 is 0 Å². The molecular weight excluding hydrogens is 262 g/mol. The van der Waals surface area contributed by atoms with E-state index in [1.54, 1.807) is 11.1 Å². The van der Waals surface area contributed by atoms with Gasteiger partial charge in [0.05, 0.1) is 5.60 Å². The number of benzene rings is 1. The summed E-state index contributed by atoms with van der Waals surface area (Å²) in [6, 6.07) is 6.90. The Morgan fingerprint density at radius 2 is 2.05 bits per heavy atom. The van der Waals surface area contributed by atoms with Gasteiger partial charge in [0, 0.05) is 26.4 Å². The van der Waals surface area contributed by atoms with Crippen LogP contribution in [0, 0.1) is 0 Å². The third kappa shape index (κ3) is 2.63. The highest BCUT2D eigenvalue weighted by molar-refractivity contribution is 5.39. The van der Waals surface area contributed by atoms with E-state index in [1.807, 2.05) is 0 Å². The highest BCUT2D eigenvalue weighted by Gasteiger charge is 2.40. The number of hydrogen-bond acceptors (Lipinski definition) is 3. The molecule has 0 aliphatic carbocycles. The zero-order valence-electron chi connectivity index (χ0n) is 12.7. The standard InChI is InChI=1S/C18H25NO2/c1-2-15-13-19-8-4-17(15)16(3-1)14-5-9-21-18(12-14)6-10-20-11-7-18/h1-3,14,19H,4-13H2. The second kappa shape index (κ2) is 5.71. The fourth-order valence-electron chi connectivity index (χ4n) is 4.33. The summed E-state index contributed by atoms with van der Waals surface area (Å²) in [5.74, 6) is 0.671. The van der Waals surface area contributed by atoms with Crippen molar-refractivity contribution in [1.29, 1.82) is 0 Å². The average molecular weight is 287 g/mol. The highest BCUT2D eigenvalue weighted by atomic mass is 16.5. The van der Waals surface area contributed by atoms with Gasteiger partial charge in [0.2, 0.25) is 0 Å². The molecule has 21 heavy (non-hydrogen) atoms. The van der Waals surface area contributed by atoms with E-state index in [9.17, 15) is 0 Å². The third-order valence-electron chi connectivity index (χ3n) is 5.51. The quantitative estimate of drug-likeness (QED) is 0.861. The number of fused-ring (bicyclic) bond motifs is 1. The molecule has 0 radical (unpaired) electrons. The summed E-state index contributed by atoms with van der Waals surface area (Å²) in [5.41, 5.74) is 4.82. The van der Waals surface area contributed by atoms with Crippen molar-refractivity contribution in [2.24, 2.45) is 0 Å². The summed E-state index contributed by atoms with van der Waals surface area (Å²) >= 11 is 0. The van der Waals surface area contributed by atoms with E-state index in [0.717, 1.165) is 45.8 Å². The minimum atomic E-state index is 0.0941. The molecule has 3 heterocycles. The fraction of sp³-hybridized carbons (Fsp3) is 0.667. The molecule has 1 spiro atoms. The third-order valence-corrected chi connectivity index (χ3v) is 5.51. The topological polar surface area (TPSA) is 30.5 Å². The first-order valence-corrected chi connectivity index (χ1v) is 8.39. The van der Waals surface area contributed by atoms with Crippen LogP contribution in [0.1, 0.15) is 48.3 Å². The van der Waals surface area contributed by atoms with Gasteiger partial charge in [0.15, 0.2) is 0 Å². The molecule has 3 nitrogen and oxygen atoms in total. The summed E-state index contributed by atoms with van der Waals surface area (Å²) in [5, 5.41) is 3.49. The number of nitrogens with one attached hydrogen (secondary N) is 1. The van der Waals surface area contributed by atoms with Crippen LogP contribution < -0.4 is 5.32 Å². The second-order valence-corrected chi connectivity index (χ2v) is 6.75. The maximum atomic E-state index is 6.21. The zero-order chi connectivity index (χ0) is 14.1. The Balaban J connectivity index is 1.61. The Kier molecular flexibility index (Phi) is 3.74. The SMILES string of the molecule is c1cc2c(c(C3CCOC4(CCOCC4)C3)c1)CCNC2. The van der Waals surface area contributed by atoms with Crippen molar-refractivity contribution < 1.29 is 9.47 Å². The lowest BCUT2D eigenvalue weighted by Crippen LogP contribution is -2.44. The molecule has 3 heteroatoms. The Hall–Kier alpha value is -0.900. The summed E-state index contributed by atoms with van der Waals surface area (Å²) in [7, 11) is 0. The van der Waals surface area contributed by atoms with Crippen LogP contribution in [0.5, 0.6) is 0 Å². The molecule has 0 aromatic heterocycles. The van der Waals surface area contributed by atoms with Gasteiger partial charge in [-0.15, -0.1) is 0 Å². The molecule has 114 valence electrons. The van der Waals surface area contributed by atoms with Crippen LogP contribution >= 0.6 is 0 Å². The van der Waals surface area contributed by atoms with Gasteiger partial charge >= 0.3 is 0 Å². The van der Waals surface area contributed by atoms with Crippen LogP contribution in [0.2, 0.25) is 0 Å². The highest BCUT2D eigenvalue weighted by Crippen LogP contribution is 2.42. The van der Waals surface area contributed by atoms with Crippen molar-refractivity contribution in [3.05, 3.63) is 34.9 Å². The normalized spacial score (nSPS) is 28.3. The van der Waals surface area contributed by atoms with E-state index in [1.165, 1.54) is 24.8 Å². The molecule has 1 unspecified atom stereocenters. The van der Waals surface area contributed by atoms with Gasteiger partial charge in [-0.1, -0.05) is 18.2 Å². The second-order valence-electron chi connectivity index (χ2n) is 6.75. The van der Waals surface area contributed by atoms with E-state index in [0.29, 0.717) is 5.92 Å². The van der Waals surface area contributed by atoms with Crippen molar-refractivity contribution in [2.75, 3.05) is 26.4 Å². The molecule has 3 aliphatic heterocycles. The first-order valence-electron chi connectivity index (χ1n) is 8.39. The Morgan fingerprint density at radius 3 is 2.95 bits per heavy atom. The summed E-state index contributed by atoms with van der Waals surface area (Å²) in [6.07, 6.45) is 5.67. The van der Waals surface area contributed by atoms with Crippen LogP contribution in [0.4, 0.5) is 0 Å². The summed E-state index contributed by atoms with van der Waals surface area (Å²) < 4.78 is 11.8. The molecule has 4 rings (SSSR count). The monoisotopic (exact) mass is 287 g/mol. The van der Waals surface area contributed by atoms with Crippen molar-refractivity contribution >= 4 is 0 Å². The van der Waals surface area contributed by atoms with Crippen molar-refractivity contribution in [2.45, 2.75) is 50.2 Å². The van der Waals surface area contributed by atoms with Gasteiger partial charge in [0.25, 0.3) is 0 Å². The van der Waals surface area contributed by atoms with E-state index in [2.05, 4.69) is 23.5 Å². The first-order chi connectivity index (χ1) is 10.4. The zero-order valence-corrected chi connectivity index (χ0v) is 12.7. The minimum absolute atomic E-state index is 0.0941. The van der Waals surface area contributed by atoms with Gasteiger partial charge in [-0.2, -0.15) is 0 Å². The summed E-state index contributed by atoms with van der Waals surface area (Å²) in [6.45, 7) is 4.79.